The predicted molar refractivity (Wildman–Crippen MR) is 73.2 cm³/mol. The minimum Gasteiger partial charge on any atom is -0.369 e. The van der Waals surface area contributed by atoms with E-state index in [1.54, 1.807) is 0 Å². The maximum absolute atomic E-state index is 9.16. The number of hydrogen-bond donors (Lipinski definition) is 0. The second-order valence-electron chi connectivity index (χ2n) is 4.42. The minimum atomic E-state index is 0.762. The Morgan fingerprint density at radius 3 is 2.82 bits per heavy atom. The fourth-order valence-electron chi connectivity index (χ4n) is 2.15. The molecule has 1 aromatic rings. The van der Waals surface area contributed by atoms with Crippen LogP contribution in [0.4, 0.5) is 5.69 Å². The van der Waals surface area contributed by atoms with Crippen LogP contribution >= 0.6 is 15.9 Å². The van der Waals surface area contributed by atoms with E-state index in [1.807, 2.05) is 18.2 Å². The van der Waals surface area contributed by atoms with Gasteiger partial charge in [-0.3, -0.25) is 0 Å². The van der Waals surface area contributed by atoms with Gasteiger partial charge in [-0.15, -0.1) is 0 Å². The summed E-state index contributed by atoms with van der Waals surface area (Å²) in [6.07, 6.45) is 1.15. The average molecular weight is 294 g/mol. The smallest absolute Gasteiger partial charge is 0.101 e. The van der Waals surface area contributed by atoms with Crippen LogP contribution in [0.1, 0.15) is 12.0 Å². The number of rotatable bonds is 1. The standard InChI is InChI=1S/C13H16BrN3/c1-16-5-2-6-17(8-7-16)13-9-12(14)4-3-11(13)10-15/h3-4,9H,2,5-8H2,1H3. The molecular weight excluding hydrogens is 278 g/mol. The topological polar surface area (TPSA) is 30.3 Å². The SMILES string of the molecule is CN1CCCN(c2cc(Br)ccc2C#N)CC1. The van der Waals surface area contributed by atoms with Crippen LogP contribution in [0.3, 0.4) is 0 Å². The summed E-state index contributed by atoms with van der Waals surface area (Å²) in [5, 5.41) is 9.16. The Kier molecular flexibility index (Phi) is 4.03. The van der Waals surface area contributed by atoms with E-state index in [0.717, 1.165) is 48.3 Å². The first-order valence-corrected chi connectivity index (χ1v) is 6.63. The Morgan fingerprint density at radius 2 is 2.06 bits per heavy atom. The van der Waals surface area contributed by atoms with Gasteiger partial charge in [0.05, 0.1) is 11.3 Å². The first-order valence-electron chi connectivity index (χ1n) is 5.84. The second kappa shape index (κ2) is 5.52. The number of nitrogens with zero attached hydrogens (tertiary/aromatic N) is 3. The zero-order valence-electron chi connectivity index (χ0n) is 9.99. The molecule has 90 valence electrons. The number of hydrogen-bond acceptors (Lipinski definition) is 3. The molecule has 1 fully saturated rings. The summed E-state index contributed by atoms with van der Waals surface area (Å²) >= 11 is 3.48. The lowest BCUT2D eigenvalue weighted by Gasteiger charge is -2.24. The van der Waals surface area contributed by atoms with Gasteiger partial charge >= 0.3 is 0 Å². The average Bonchev–Trinajstić information content (AvgIpc) is 2.54. The highest BCUT2D eigenvalue weighted by atomic mass is 79.9. The van der Waals surface area contributed by atoms with E-state index in [4.69, 9.17) is 5.26 Å². The summed E-state index contributed by atoms with van der Waals surface area (Å²) in [6, 6.07) is 8.13. The normalized spacial score (nSPS) is 17.6. The predicted octanol–water partition coefficient (Wildman–Crippen LogP) is 2.46. The first-order chi connectivity index (χ1) is 8.20. The summed E-state index contributed by atoms with van der Waals surface area (Å²) in [5.74, 6) is 0. The van der Waals surface area contributed by atoms with Crippen LogP contribution < -0.4 is 4.90 Å². The Labute approximate surface area is 111 Å². The van der Waals surface area contributed by atoms with Crippen molar-refractivity contribution in [1.82, 2.24) is 4.90 Å². The molecule has 0 aliphatic carbocycles. The van der Waals surface area contributed by atoms with Crippen molar-refractivity contribution in [2.75, 3.05) is 38.1 Å². The molecule has 0 unspecified atom stereocenters. The van der Waals surface area contributed by atoms with Crippen molar-refractivity contribution in [2.45, 2.75) is 6.42 Å². The van der Waals surface area contributed by atoms with Gasteiger partial charge in [0.2, 0.25) is 0 Å². The second-order valence-corrected chi connectivity index (χ2v) is 5.33. The lowest BCUT2D eigenvalue weighted by molar-refractivity contribution is 0.360. The molecule has 0 saturated carbocycles. The van der Waals surface area contributed by atoms with Crippen molar-refractivity contribution in [2.24, 2.45) is 0 Å². The van der Waals surface area contributed by atoms with Gasteiger partial charge in [0.15, 0.2) is 0 Å². The highest BCUT2D eigenvalue weighted by molar-refractivity contribution is 9.10. The zero-order valence-corrected chi connectivity index (χ0v) is 11.6. The van der Waals surface area contributed by atoms with Crippen LogP contribution in [-0.2, 0) is 0 Å². The van der Waals surface area contributed by atoms with Crippen molar-refractivity contribution in [3.8, 4) is 6.07 Å². The largest absolute Gasteiger partial charge is 0.369 e. The van der Waals surface area contributed by atoms with Gasteiger partial charge in [0.1, 0.15) is 6.07 Å². The molecule has 17 heavy (non-hydrogen) atoms. The van der Waals surface area contributed by atoms with Crippen molar-refractivity contribution in [1.29, 1.82) is 5.26 Å². The van der Waals surface area contributed by atoms with Gasteiger partial charge < -0.3 is 9.80 Å². The zero-order chi connectivity index (χ0) is 12.3. The van der Waals surface area contributed by atoms with Crippen LogP contribution in [-0.4, -0.2) is 38.1 Å². The first kappa shape index (κ1) is 12.4. The quantitative estimate of drug-likeness (QED) is 0.797. The van der Waals surface area contributed by atoms with Crippen molar-refractivity contribution in [3.63, 3.8) is 0 Å². The summed E-state index contributed by atoms with van der Waals surface area (Å²) in [6.45, 7) is 4.20. The minimum absolute atomic E-state index is 0.762. The molecular formula is C13H16BrN3. The van der Waals surface area contributed by atoms with E-state index in [1.165, 1.54) is 0 Å². The molecule has 1 aliphatic heterocycles. The molecule has 0 radical (unpaired) electrons. The molecule has 1 aliphatic rings. The molecule has 3 nitrogen and oxygen atoms in total. The third-order valence-electron chi connectivity index (χ3n) is 3.14. The maximum Gasteiger partial charge on any atom is 0.101 e. The Hall–Kier alpha value is -1.05. The number of halogens is 1. The highest BCUT2D eigenvalue weighted by Gasteiger charge is 2.15. The molecule has 4 heteroatoms. The van der Waals surface area contributed by atoms with Gasteiger partial charge in [-0.25, -0.2) is 0 Å². The monoisotopic (exact) mass is 293 g/mol. The molecule has 0 bridgehead atoms. The van der Waals surface area contributed by atoms with Gasteiger partial charge in [-0.05, 0) is 38.2 Å². The molecule has 1 aromatic carbocycles. The number of nitriles is 1. The Balaban J connectivity index is 2.26. The van der Waals surface area contributed by atoms with E-state index >= 15 is 0 Å². The van der Waals surface area contributed by atoms with Gasteiger partial charge in [-0.2, -0.15) is 5.26 Å². The lowest BCUT2D eigenvalue weighted by Crippen LogP contribution is -2.29. The van der Waals surface area contributed by atoms with Crippen molar-refractivity contribution >= 4 is 21.6 Å². The molecule has 0 aromatic heterocycles. The number of anilines is 1. The fraction of sp³-hybridized carbons (Fsp3) is 0.462. The van der Waals surface area contributed by atoms with Crippen molar-refractivity contribution < 1.29 is 0 Å². The highest BCUT2D eigenvalue weighted by Crippen LogP contribution is 2.25. The third-order valence-corrected chi connectivity index (χ3v) is 3.63. The van der Waals surface area contributed by atoms with Crippen LogP contribution in [0.2, 0.25) is 0 Å². The molecule has 0 spiro atoms. The van der Waals surface area contributed by atoms with E-state index in [0.29, 0.717) is 0 Å². The van der Waals surface area contributed by atoms with Crippen LogP contribution in [0.15, 0.2) is 22.7 Å². The molecule has 0 atom stereocenters. The Bertz CT molecular complexity index is 439. The Morgan fingerprint density at radius 1 is 1.24 bits per heavy atom. The fourth-order valence-corrected chi connectivity index (χ4v) is 2.50. The molecule has 1 saturated heterocycles. The summed E-state index contributed by atoms with van der Waals surface area (Å²) < 4.78 is 1.03. The van der Waals surface area contributed by atoms with Crippen LogP contribution in [0.5, 0.6) is 0 Å². The van der Waals surface area contributed by atoms with E-state index < -0.39 is 0 Å². The summed E-state index contributed by atoms with van der Waals surface area (Å²) in [7, 11) is 2.15. The van der Waals surface area contributed by atoms with Crippen LogP contribution in [0, 0.1) is 11.3 Å². The molecule has 2 rings (SSSR count). The summed E-state index contributed by atoms with van der Waals surface area (Å²) in [5.41, 5.74) is 1.81. The maximum atomic E-state index is 9.16. The summed E-state index contributed by atoms with van der Waals surface area (Å²) in [4.78, 5) is 4.65. The van der Waals surface area contributed by atoms with Crippen LogP contribution in [0.25, 0.3) is 0 Å². The van der Waals surface area contributed by atoms with E-state index in [2.05, 4.69) is 38.8 Å². The molecule has 0 N–H and O–H groups in total. The molecule has 1 heterocycles. The lowest BCUT2D eigenvalue weighted by atomic mass is 10.1. The molecule has 0 amide bonds. The van der Waals surface area contributed by atoms with Crippen molar-refractivity contribution in [3.05, 3.63) is 28.2 Å². The van der Waals surface area contributed by atoms with Gasteiger partial charge in [0, 0.05) is 24.1 Å². The van der Waals surface area contributed by atoms with E-state index in [9.17, 15) is 0 Å². The number of likely N-dealkylation sites (N-methyl/N-ethyl adjacent to an activating group) is 1. The van der Waals surface area contributed by atoms with E-state index in [-0.39, 0.29) is 0 Å². The number of benzene rings is 1. The van der Waals surface area contributed by atoms with Gasteiger partial charge in [-0.1, -0.05) is 15.9 Å². The third kappa shape index (κ3) is 2.99. The van der Waals surface area contributed by atoms with Gasteiger partial charge in [0.25, 0.3) is 0 Å².